The van der Waals surface area contributed by atoms with Crippen LogP contribution in [0.4, 0.5) is 0 Å². The highest BCUT2D eigenvalue weighted by Gasteiger charge is 2.41. The van der Waals surface area contributed by atoms with Crippen molar-refractivity contribution in [2.75, 3.05) is 7.05 Å². The molecule has 70 valence electrons. The van der Waals surface area contributed by atoms with Gasteiger partial charge >= 0.3 is 0 Å². The first-order chi connectivity index (χ1) is 5.76. The first-order valence-electron chi connectivity index (χ1n) is 5.45. The molecule has 2 rings (SSSR count). The van der Waals surface area contributed by atoms with Crippen LogP contribution in [-0.4, -0.2) is 12.6 Å². The Hall–Kier alpha value is -0.0400. The predicted molar refractivity (Wildman–Crippen MR) is 52.1 cm³/mol. The predicted octanol–water partition coefficient (Wildman–Crippen LogP) is 2.56. The van der Waals surface area contributed by atoms with Crippen LogP contribution in [0.3, 0.4) is 0 Å². The summed E-state index contributed by atoms with van der Waals surface area (Å²) in [5.41, 5.74) is 0.586. The van der Waals surface area contributed by atoms with Crippen molar-refractivity contribution in [2.45, 2.75) is 51.0 Å². The molecule has 2 fully saturated rings. The molecule has 1 nitrogen and oxygen atoms in total. The maximum absolute atomic E-state index is 3.47. The summed E-state index contributed by atoms with van der Waals surface area (Å²) in [6.45, 7) is 2.43. The summed E-state index contributed by atoms with van der Waals surface area (Å²) in [7, 11) is 2.12. The Balaban J connectivity index is 1.67. The molecule has 0 aliphatic heterocycles. The maximum Gasteiger partial charge on any atom is 0.0180 e. The van der Waals surface area contributed by atoms with Crippen molar-refractivity contribution in [1.82, 2.24) is 5.32 Å². The molecular weight excluding hydrogens is 146 g/mol. The van der Waals surface area contributed by atoms with Crippen molar-refractivity contribution in [3.05, 3.63) is 0 Å². The molecule has 1 heteroatoms. The van der Waals surface area contributed by atoms with Gasteiger partial charge in [-0.25, -0.2) is 0 Å². The van der Waals surface area contributed by atoms with E-state index in [1.807, 2.05) is 0 Å². The van der Waals surface area contributed by atoms with Crippen LogP contribution in [0.2, 0.25) is 0 Å². The van der Waals surface area contributed by atoms with Crippen LogP contribution < -0.4 is 5.32 Å². The largest absolute Gasteiger partial charge is 0.314 e. The van der Waals surface area contributed by atoms with Gasteiger partial charge in [0.05, 0.1) is 0 Å². The summed E-state index contributed by atoms with van der Waals surface area (Å²) >= 11 is 0. The zero-order valence-electron chi connectivity index (χ0n) is 8.40. The second kappa shape index (κ2) is 3.02. The lowest BCUT2D eigenvalue weighted by molar-refractivity contribution is 0.393. The van der Waals surface area contributed by atoms with Gasteiger partial charge < -0.3 is 5.32 Å². The maximum atomic E-state index is 3.47. The lowest BCUT2D eigenvalue weighted by atomic mass is 9.96. The van der Waals surface area contributed by atoms with E-state index in [1.54, 1.807) is 0 Å². The highest BCUT2D eigenvalue weighted by atomic mass is 15.0. The van der Waals surface area contributed by atoms with E-state index in [0.717, 1.165) is 11.8 Å². The van der Waals surface area contributed by atoms with Gasteiger partial charge in [-0.15, -0.1) is 0 Å². The van der Waals surface area contributed by atoms with Crippen molar-refractivity contribution >= 4 is 0 Å². The fourth-order valence-electron chi connectivity index (χ4n) is 2.18. The summed E-state index contributed by atoms with van der Waals surface area (Å²) in [4.78, 5) is 0. The van der Waals surface area contributed by atoms with E-state index in [0.29, 0.717) is 5.54 Å². The van der Waals surface area contributed by atoms with Crippen LogP contribution in [0.1, 0.15) is 45.4 Å². The quantitative estimate of drug-likeness (QED) is 0.663. The Morgan fingerprint density at radius 2 is 2.08 bits per heavy atom. The first kappa shape index (κ1) is 8.55. The number of hydrogen-bond donors (Lipinski definition) is 1. The Bertz CT molecular complexity index is 156. The van der Waals surface area contributed by atoms with E-state index in [-0.39, 0.29) is 0 Å². The normalized spacial score (nSPS) is 28.5. The zero-order chi connectivity index (χ0) is 8.60. The minimum absolute atomic E-state index is 0.586. The minimum atomic E-state index is 0.586. The van der Waals surface area contributed by atoms with E-state index >= 15 is 0 Å². The van der Waals surface area contributed by atoms with Crippen LogP contribution in [0.25, 0.3) is 0 Å². The van der Waals surface area contributed by atoms with Gasteiger partial charge in [-0.2, -0.15) is 0 Å². The number of nitrogens with one attached hydrogen (secondary N) is 1. The Kier molecular flexibility index (Phi) is 2.16. The van der Waals surface area contributed by atoms with E-state index in [2.05, 4.69) is 19.3 Å². The summed E-state index contributed by atoms with van der Waals surface area (Å²) < 4.78 is 0. The molecule has 2 aliphatic carbocycles. The second-order valence-electron chi connectivity index (χ2n) is 4.88. The van der Waals surface area contributed by atoms with Crippen LogP contribution in [-0.2, 0) is 0 Å². The summed E-state index contributed by atoms with van der Waals surface area (Å²) in [6.07, 6.45) is 8.72. The van der Waals surface area contributed by atoms with E-state index in [9.17, 15) is 0 Å². The van der Waals surface area contributed by atoms with E-state index < -0.39 is 0 Å². The molecule has 2 aliphatic rings. The van der Waals surface area contributed by atoms with Gasteiger partial charge in [0.1, 0.15) is 0 Å². The molecular formula is C11H21N. The topological polar surface area (TPSA) is 12.0 Å². The fourth-order valence-corrected chi connectivity index (χ4v) is 2.18. The van der Waals surface area contributed by atoms with Gasteiger partial charge in [0.25, 0.3) is 0 Å². The highest BCUT2D eigenvalue weighted by Crippen LogP contribution is 2.44. The lowest BCUT2D eigenvalue weighted by Gasteiger charge is -2.16. The standard InChI is InChI=1S/C11H21N/c1-9(10-3-4-10)5-6-11(12-2)7-8-11/h9-10,12H,3-8H2,1-2H3. The Labute approximate surface area is 75.9 Å². The molecule has 0 heterocycles. The summed E-state index contributed by atoms with van der Waals surface area (Å²) in [5.74, 6) is 2.09. The second-order valence-corrected chi connectivity index (χ2v) is 4.88. The number of rotatable bonds is 5. The van der Waals surface area contributed by atoms with Gasteiger partial charge in [-0.1, -0.05) is 6.92 Å². The van der Waals surface area contributed by atoms with Crippen LogP contribution >= 0.6 is 0 Å². The average molecular weight is 167 g/mol. The third-order valence-corrected chi connectivity index (χ3v) is 3.89. The minimum Gasteiger partial charge on any atom is -0.314 e. The van der Waals surface area contributed by atoms with Gasteiger partial charge in [0.15, 0.2) is 0 Å². The molecule has 1 atom stereocenters. The number of hydrogen-bond acceptors (Lipinski definition) is 1. The third-order valence-electron chi connectivity index (χ3n) is 3.89. The van der Waals surface area contributed by atoms with Crippen molar-refractivity contribution < 1.29 is 0 Å². The molecule has 1 unspecified atom stereocenters. The molecule has 0 radical (unpaired) electrons. The lowest BCUT2D eigenvalue weighted by Crippen LogP contribution is -2.27. The fraction of sp³-hybridized carbons (Fsp3) is 1.00. The molecule has 0 aromatic heterocycles. The average Bonchev–Trinajstić information content (AvgIpc) is 2.94. The first-order valence-corrected chi connectivity index (χ1v) is 5.45. The van der Waals surface area contributed by atoms with Crippen LogP contribution in [0, 0.1) is 11.8 Å². The van der Waals surface area contributed by atoms with Gasteiger partial charge in [0, 0.05) is 5.54 Å². The smallest absolute Gasteiger partial charge is 0.0180 e. The molecule has 12 heavy (non-hydrogen) atoms. The summed E-state index contributed by atoms with van der Waals surface area (Å²) in [6, 6.07) is 0. The van der Waals surface area contributed by atoms with Crippen LogP contribution in [0.15, 0.2) is 0 Å². The Morgan fingerprint density at radius 3 is 2.50 bits per heavy atom. The molecule has 0 amide bonds. The van der Waals surface area contributed by atoms with Gasteiger partial charge in [0.2, 0.25) is 0 Å². The van der Waals surface area contributed by atoms with Gasteiger partial charge in [-0.3, -0.25) is 0 Å². The zero-order valence-corrected chi connectivity index (χ0v) is 8.40. The SMILES string of the molecule is CNC1(CCC(C)C2CC2)CC1. The van der Waals surface area contributed by atoms with Crippen molar-refractivity contribution in [1.29, 1.82) is 0 Å². The molecule has 0 aromatic carbocycles. The van der Waals surface area contributed by atoms with E-state index in [1.165, 1.54) is 38.5 Å². The Morgan fingerprint density at radius 1 is 1.42 bits per heavy atom. The van der Waals surface area contributed by atoms with Crippen molar-refractivity contribution in [2.24, 2.45) is 11.8 Å². The van der Waals surface area contributed by atoms with Crippen LogP contribution in [0.5, 0.6) is 0 Å². The van der Waals surface area contributed by atoms with E-state index in [4.69, 9.17) is 0 Å². The molecule has 0 aromatic rings. The molecule has 0 saturated heterocycles. The molecule has 0 spiro atoms. The van der Waals surface area contributed by atoms with Crippen molar-refractivity contribution in [3.8, 4) is 0 Å². The monoisotopic (exact) mass is 167 g/mol. The highest BCUT2D eigenvalue weighted by molar-refractivity contribution is 5.01. The molecule has 0 bridgehead atoms. The third kappa shape index (κ3) is 1.82. The molecule has 1 N–H and O–H groups in total. The molecule has 2 saturated carbocycles. The van der Waals surface area contributed by atoms with Crippen molar-refractivity contribution in [3.63, 3.8) is 0 Å². The summed E-state index contributed by atoms with van der Waals surface area (Å²) in [5, 5.41) is 3.47. The van der Waals surface area contributed by atoms with Gasteiger partial charge in [-0.05, 0) is 57.4 Å².